The number of H-pyrrole nitrogens is 1. The van der Waals surface area contributed by atoms with E-state index in [9.17, 15) is 13.2 Å². The Hall–Kier alpha value is -4.07. The highest BCUT2D eigenvalue weighted by Gasteiger charge is 2.30. The van der Waals surface area contributed by atoms with E-state index in [1.165, 1.54) is 12.1 Å². The molecule has 0 saturated carbocycles. The highest BCUT2D eigenvalue weighted by molar-refractivity contribution is 5.84. The predicted octanol–water partition coefficient (Wildman–Crippen LogP) is 6.00. The fourth-order valence-corrected chi connectivity index (χ4v) is 3.70. The molecule has 0 bridgehead atoms. The van der Waals surface area contributed by atoms with Crippen LogP contribution in [0.4, 0.5) is 13.2 Å². The maximum atomic E-state index is 12.9. The Morgan fingerprint density at radius 2 is 1.61 bits per heavy atom. The number of aromatic amines is 1. The van der Waals surface area contributed by atoms with Crippen LogP contribution in [-0.2, 0) is 12.6 Å². The first kappa shape index (κ1) is 20.8. The summed E-state index contributed by atoms with van der Waals surface area (Å²) < 4.78 is 38.7. The number of alkyl halides is 3. The van der Waals surface area contributed by atoms with Crippen LogP contribution in [0.2, 0.25) is 0 Å². The highest BCUT2D eigenvalue weighted by Crippen LogP contribution is 2.32. The zero-order valence-electron chi connectivity index (χ0n) is 17.6. The molecule has 5 nitrogen and oxygen atoms in total. The lowest BCUT2D eigenvalue weighted by Gasteiger charge is -2.06. The average molecular weight is 445 g/mol. The molecule has 0 amide bonds. The van der Waals surface area contributed by atoms with E-state index in [1.54, 1.807) is 12.4 Å². The van der Waals surface area contributed by atoms with E-state index in [4.69, 9.17) is 4.98 Å². The van der Waals surface area contributed by atoms with Crippen molar-refractivity contribution in [3.63, 3.8) is 0 Å². The van der Waals surface area contributed by atoms with Crippen molar-refractivity contribution in [2.75, 3.05) is 0 Å². The van der Waals surface area contributed by atoms with Crippen LogP contribution in [0, 0.1) is 6.92 Å². The van der Waals surface area contributed by atoms with E-state index in [-0.39, 0.29) is 0 Å². The molecule has 0 unspecified atom stereocenters. The molecule has 0 radical (unpaired) electrons. The van der Waals surface area contributed by atoms with E-state index in [0.717, 1.165) is 51.4 Å². The van der Waals surface area contributed by atoms with Crippen molar-refractivity contribution in [3.05, 3.63) is 95.7 Å². The van der Waals surface area contributed by atoms with Gasteiger partial charge in [0.05, 0.1) is 33.7 Å². The molecule has 8 heteroatoms. The molecule has 164 valence electrons. The fraction of sp³-hybridized carbons (Fsp3) is 0.120. The molecule has 0 aliphatic rings. The summed E-state index contributed by atoms with van der Waals surface area (Å²) in [6.45, 7) is 1.91. The van der Waals surface area contributed by atoms with Crippen LogP contribution in [0.15, 0.2) is 73.1 Å². The third-order valence-electron chi connectivity index (χ3n) is 5.29. The minimum Gasteiger partial charge on any atom is -0.340 e. The van der Waals surface area contributed by atoms with E-state index < -0.39 is 11.7 Å². The number of nitrogens with zero attached hydrogens (tertiary/aromatic N) is 4. The number of halogens is 3. The Labute approximate surface area is 187 Å². The number of aryl methyl sites for hydroxylation is 1. The molecule has 0 spiro atoms. The van der Waals surface area contributed by atoms with Crippen molar-refractivity contribution in [3.8, 4) is 22.6 Å². The normalized spacial score (nSPS) is 11.8. The van der Waals surface area contributed by atoms with Gasteiger partial charge >= 0.3 is 6.18 Å². The van der Waals surface area contributed by atoms with Crippen LogP contribution in [0.5, 0.6) is 0 Å². The Balaban J connectivity index is 1.57. The lowest BCUT2D eigenvalue weighted by atomic mass is 10.1. The zero-order chi connectivity index (χ0) is 23.0. The molecule has 3 aromatic heterocycles. The van der Waals surface area contributed by atoms with E-state index in [2.05, 4.69) is 19.9 Å². The molecule has 3 heterocycles. The molecule has 0 aliphatic heterocycles. The van der Waals surface area contributed by atoms with E-state index in [1.807, 2.05) is 43.3 Å². The summed E-state index contributed by atoms with van der Waals surface area (Å²) in [7, 11) is 0. The van der Waals surface area contributed by atoms with Crippen molar-refractivity contribution in [1.29, 1.82) is 0 Å². The molecule has 0 saturated heterocycles. The Morgan fingerprint density at radius 3 is 2.33 bits per heavy atom. The molecule has 2 aromatic carbocycles. The molecule has 0 fully saturated rings. The zero-order valence-corrected chi connectivity index (χ0v) is 17.6. The quantitative estimate of drug-likeness (QED) is 0.368. The Kier molecular flexibility index (Phi) is 5.12. The molecule has 0 aliphatic carbocycles. The smallest absolute Gasteiger partial charge is 0.340 e. The molecular weight excluding hydrogens is 427 g/mol. The van der Waals surface area contributed by atoms with Gasteiger partial charge in [0.1, 0.15) is 5.82 Å². The molecular formula is C25H18F3N5. The highest BCUT2D eigenvalue weighted by atomic mass is 19.4. The average Bonchev–Trinajstić information content (AvgIpc) is 3.22. The van der Waals surface area contributed by atoms with Crippen LogP contribution in [0.25, 0.3) is 33.7 Å². The van der Waals surface area contributed by atoms with Crippen LogP contribution in [-0.4, -0.2) is 24.9 Å². The third-order valence-corrected chi connectivity index (χ3v) is 5.29. The van der Waals surface area contributed by atoms with Gasteiger partial charge in [0, 0.05) is 30.1 Å². The van der Waals surface area contributed by atoms with E-state index >= 15 is 0 Å². The Morgan fingerprint density at radius 1 is 0.848 bits per heavy atom. The lowest BCUT2D eigenvalue weighted by Crippen LogP contribution is -2.04. The van der Waals surface area contributed by atoms with Gasteiger partial charge in [-0.2, -0.15) is 13.2 Å². The second-order valence-electron chi connectivity index (χ2n) is 7.70. The summed E-state index contributed by atoms with van der Waals surface area (Å²) in [6.07, 6.45) is -0.736. The van der Waals surface area contributed by atoms with Gasteiger partial charge in [0.15, 0.2) is 0 Å². The van der Waals surface area contributed by atoms with Gasteiger partial charge in [-0.3, -0.25) is 15.0 Å². The van der Waals surface area contributed by atoms with Gasteiger partial charge in [-0.25, -0.2) is 4.98 Å². The third kappa shape index (κ3) is 4.32. The number of rotatable bonds is 4. The van der Waals surface area contributed by atoms with Gasteiger partial charge < -0.3 is 4.98 Å². The summed E-state index contributed by atoms with van der Waals surface area (Å²) in [4.78, 5) is 21.4. The van der Waals surface area contributed by atoms with Crippen molar-refractivity contribution in [2.45, 2.75) is 19.5 Å². The van der Waals surface area contributed by atoms with Crippen molar-refractivity contribution >= 4 is 11.0 Å². The number of nitrogens with one attached hydrogen (secondary N) is 1. The fourth-order valence-electron chi connectivity index (χ4n) is 3.70. The molecule has 1 N–H and O–H groups in total. The number of pyridine rings is 1. The second-order valence-corrected chi connectivity index (χ2v) is 7.70. The van der Waals surface area contributed by atoms with Crippen molar-refractivity contribution in [2.24, 2.45) is 0 Å². The van der Waals surface area contributed by atoms with Crippen LogP contribution < -0.4 is 0 Å². The van der Waals surface area contributed by atoms with Gasteiger partial charge in [-0.15, -0.1) is 0 Å². The predicted molar refractivity (Wildman–Crippen MR) is 119 cm³/mol. The molecule has 5 rings (SSSR count). The number of fused-ring (bicyclic) bond motifs is 1. The summed E-state index contributed by atoms with van der Waals surface area (Å²) in [5.41, 5.74) is 5.44. The van der Waals surface area contributed by atoms with Gasteiger partial charge in [0.25, 0.3) is 0 Å². The molecule has 33 heavy (non-hydrogen) atoms. The number of hydrogen-bond donors (Lipinski definition) is 1. The summed E-state index contributed by atoms with van der Waals surface area (Å²) >= 11 is 0. The van der Waals surface area contributed by atoms with Gasteiger partial charge in [0.2, 0.25) is 0 Å². The summed E-state index contributed by atoms with van der Waals surface area (Å²) in [6, 6.07) is 16.6. The van der Waals surface area contributed by atoms with Gasteiger partial charge in [-0.1, -0.05) is 24.3 Å². The number of hydrogen-bond acceptors (Lipinski definition) is 4. The SMILES string of the molecule is Cc1cccc(-c2[nH]c(Cc3ccc(C(F)(F)F)cc3)nc2-c2ccc3nccnc3c2)n1. The number of aromatic nitrogens is 5. The first-order valence-corrected chi connectivity index (χ1v) is 10.3. The number of imidazole rings is 1. The monoisotopic (exact) mass is 445 g/mol. The van der Waals surface area contributed by atoms with Crippen molar-refractivity contribution < 1.29 is 13.2 Å². The topological polar surface area (TPSA) is 67.3 Å². The van der Waals surface area contributed by atoms with Crippen LogP contribution in [0.3, 0.4) is 0 Å². The minimum atomic E-state index is -4.36. The lowest BCUT2D eigenvalue weighted by molar-refractivity contribution is -0.137. The van der Waals surface area contributed by atoms with Crippen LogP contribution >= 0.6 is 0 Å². The minimum absolute atomic E-state index is 0.352. The maximum Gasteiger partial charge on any atom is 0.416 e. The van der Waals surface area contributed by atoms with Crippen LogP contribution in [0.1, 0.15) is 22.6 Å². The molecule has 5 aromatic rings. The first-order valence-electron chi connectivity index (χ1n) is 10.3. The van der Waals surface area contributed by atoms with Gasteiger partial charge in [-0.05, 0) is 48.9 Å². The summed E-state index contributed by atoms with van der Waals surface area (Å²) in [5.74, 6) is 0.627. The maximum absolute atomic E-state index is 12.9. The second kappa shape index (κ2) is 8.12. The first-order chi connectivity index (χ1) is 15.9. The van der Waals surface area contributed by atoms with E-state index in [0.29, 0.717) is 17.9 Å². The van der Waals surface area contributed by atoms with Crippen molar-refractivity contribution in [1.82, 2.24) is 24.9 Å². The summed E-state index contributed by atoms with van der Waals surface area (Å²) in [5, 5.41) is 0. The largest absolute Gasteiger partial charge is 0.416 e. The standard InChI is InChI=1S/C25H18F3N5/c1-15-3-2-4-20(31-15)24-23(17-7-10-19-21(14-17)30-12-11-29-19)32-22(33-24)13-16-5-8-18(9-6-16)25(26,27)28/h2-12,14H,13H2,1H3,(H,32,33). The molecule has 0 atom stereocenters. The Bertz CT molecular complexity index is 1440. The number of benzene rings is 2.